The first-order chi connectivity index (χ1) is 7.20. The van der Waals surface area contributed by atoms with E-state index < -0.39 is 17.4 Å². The molecule has 0 radical (unpaired) electrons. The van der Waals surface area contributed by atoms with E-state index in [1.807, 2.05) is 0 Å². The topological polar surface area (TPSA) is 39.2 Å². The van der Waals surface area contributed by atoms with Crippen LogP contribution in [0.1, 0.15) is 16.2 Å². The van der Waals surface area contributed by atoms with Crippen molar-refractivity contribution in [2.45, 2.75) is 13.3 Å². The first-order valence-electron chi connectivity index (χ1n) is 3.83. The summed E-state index contributed by atoms with van der Waals surface area (Å²) in [6.45, 7) is 1.29. The average Bonchev–Trinajstić information content (AvgIpc) is 2.07. The molecule has 8 heteroatoms. The zero-order chi connectivity index (χ0) is 12.5. The number of pyridine rings is 1. The second kappa shape index (κ2) is 4.74. The fourth-order valence-electron chi connectivity index (χ4n) is 0.930. The molecule has 88 valence electrons. The lowest BCUT2D eigenvalue weighted by molar-refractivity contribution is -0.275. The van der Waals surface area contributed by atoms with Crippen LogP contribution < -0.4 is 4.74 Å². The molecular formula is C8H4ClF3INO2. The molecule has 1 aromatic rings. The van der Waals surface area contributed by atoms with Crippen molar-refractivity contribution in [1.82, 2.24) is 4.98 Å². The van der Waals surface area contributed by atoms with Gasteiger partial charge in [0.05, 0.1) is 5.69 Å². The average molecular weight is 365 g/mol. The Morgan fingerprint density at radius 3 is 2.56 bits per heavy atom. The van der Waals surface area contributed by atoms with Gasteiger partial charge in [-0.2, -0.15) is 0 Å². The van der Waals surface area contributed by atoms with E-state index in [1.165, 1.54) is 6.92 Å². The van der Waals surface area contributed by atoms with E-state index in [9.17, 15) is 18.0 Å². The maximum absolute atomic E-state index is 12.0. The zero-order valence-corrected chi connectivity index (χ0v) is 10.6. The van der Waals surface area contributed by atoms with Crippen molar-refractivity contribution in [3.05, 3.63) is 21.0 Å². The highest BCUT2D eigenvalue weighted by Crippen LogP contribution is 2.28. The molecule has 3 nitrogen and oxygen atoms in total. The Bertz CT molecular complexity index is 436. The van der Waals surface area contributed by atoms with Crippen LogP contribution in [-0.2, 0) is 0 Å². The Hall–Kier alpha value is -0.570. The van der Waals surface area contributed by atoms with Crippen LogP contribution in [0, 0.1) is 10.5 Å². The minimum atomic E-state index is -4.79. The number of rotatable bonds is 2. The molecule has 0 aliphatic carbocycles. The number of hydrogen-bond acceptors (Lipinski definition) is 3. The predicted molar refractivity (Wildman–Crippen MR) is 58.6 cm³/mol. The summed E-state index contributed by atoms with van der Waals surface area (Å²) in [7, 11) is 0. The first kappa shape index (κ1) is 13.5. The molecule has 16 heavy (non-hydrogen) atoms. The minimum absolute atomic E-state index is 0.0539. The van der Waals surface area contributed by atoms with Crippen molar-refractivity contribution in [2.75, 3.05) is 0 Å². The van der Waals surface area contributed by atoms with Crippen LogP contribution in [0.2, 0.25) is 0 Å². The van der Waals surface area contributed by atoms with Crippen molar-refractivity contribution in [1.29, 1.82) is 0 Å². The molecule has 0 saturated heterocycles. The van der Waals surface area contributed by atoms with Crippen LogP contribution in [0.25, 0.3) is 0 Å². The highest BCUT2D eigenvalue weighted by Gasteiger charge is 2.32. The Labute approximate surface area is 107 Å². The van der Waals surface area contributed by atoms with Gasteiger partial charge >= 0.3 is 6.36 Å². The highest BCUT2D eigenvalue weighted by molar-refractivity contribution is 14.1. The van der Waals surface area contributed by atoms with E-state index in [0.717, 1.165) is 6.07 Å². The number of carbonyl (C=O) groups excluding carboxylic acids is 1. The lowest BCUT2D eigenvalue weighted by Crippen LogP contribution is -2.18. The van der Waals surface area contributed by atoms with Gasteiger partial charge in [-0.3, -0.25) is 4.79 Å². The van der Waals surface area contributed by atoms with Gasteiger partial charge in [0.15, 0.2) is 5.75 Å². The van der Waals surface area contributed by atoms with Crippen LogP contribution >= 0.6 is 34.2 Å². The van der Waals surface area contributed by atoms with Gasteiger partial charge in [0.25, 0.3) is 5.24 Å². The van der Waals surface area contributed by atoms with Crippen molar-refractivity contribution < 1.29 is 22.7 Å². The maximum Gasteiger partial charge on any atom is 0.573 e. The number of alkyl halides is 3. The lowest BCUT2D eigenvalue weighted by atomic mass is 10.3. The molecule has 0 unspecified atom stereocenters. The molecule has 0 saturated carbocycles. The molecule has 1 heterocycles. The van der Waals surface area contributed by atoms with Crippen LogP contribution in [-0.4, -0.2) is 16.6 Å². The Balaban J connectivity index is 3.16. The molecule has 0 bridgehead atoms. The van der Waals surface area contributed by atoms with E-state index in [1.54, 1.807) is 22.6 Å². The third kappa shape index (κ3) is 3.48. The van der Waals surface area contributed by atoms with Crippen LogP contribution in [0.5, 0.6) is 5.75 Å². The molecular weight excluding hydrogens is 361 g/mol. The molecule has 1 aromatic heterocycles. The molecule has 1 rings (SSSR count). The third-order valence-electron chi connectivity index (χ3n) is 1.53. The summed E-state index contributed by atoms with van der Waals surface area (Å²) in [4.78, 5) is 14.5. The summed E-state index contributed by atoms with van der Waals surface area (Å²) in [5.41, 5.74) is -0.143. The highest BCUT2D eigenvalue weighted by atomic mass is 127. The maximum atomic E-state index is 12.0. The lowest BCUT2D eigenvalue weighted by Gasteiger charge is -2.11. The summed E-state index contributed by atoms with van der Waals surface area (Å²) < 4.78 is 39.8. The van der Waals surface area contributed by atoms with Crippen LogP contribution in [0.4, 0.5) is 13.2 Å². The van der Waals surface area contributed by atoms with Crippen molar-refractivity contribution in [3.8, 4) is 5.75 Å². The van der Waals surface area contributed by atoms with E-state index in [-0.39, 0.29) is 15.0 Å². The van der Waals surface area contributed by atoms with Gasteiger partial charge in [0.2, 0.25) is 0 Å². The Morgan fingerprint density at radius 1 is 1.56 bits per heavy atom. The standard InChI is InChI=1S/C8H4ClF3INO2/c1-3-5(16-8(10,11)12)2-4(13)6(14-3)7(9)15/h2H,1H3. The van der Waals surface area contributed by atoms with Crippen molar-refractivity contribution in [3.63, 3.8) is 0 Å². The van der Waals surface area contributed by atoms with Gasteiger partial charge < -0.3 is 4.74 Å². The van der Waals surface area contributed by atoms with Gasteiger partial charge in [-0.05, 0) is 47.2 Å². The van der Waals surface area contributed by atoms with E-state index in [2.05, 4.69) is 9.72 Å². The number of aromatic nitrogens is 1. The molecule has 0 aliphatic heterocycles. The number of hydrogen-bond donors (Lipinski definition) is 0. The molecule has 0 N–H and O–H groups in total. The molecule has 0 aromatic carbocycles. The van der Waals surface area contributed by atoms with Gasteiger partial charge in [0.1, 0.15) is 5.69 Å². The van der Waals surface area contributed by atoms with Crippen molar-refractivity contribution in [2.24, 2.45) is 0 Å². The molecule has 0 fully saturated rings. The van der Waals surface area contributed by atoms with E-state index in [0.29, 0.717) is 0 Å². The first-order valence-corrected chi connectivity index (χ1v) is 5.29. The molecule has 0 amide bonds. The monoisotopic (exact) mass is 365 g/mol. The number of carbonyl (C=O) groups is 1. The summed E-state index contributed by atoms with van der Waals surface area (Å²) >= 11 is 6.85. The summed E-state index contributed by atoms with van der Waals surface area (Å²) in [6, 6.07) is 1.06. The summed E-state index contributed by atoms with van der Waals surface area (Å²) in [5, 5.41) is -0.828. The molecule has 0 aliphatic rings. The Morgan fingerprint density at radius 2 is 2.12 bits per heavy atom. The SMILES string of the molecule is Cc1nc(C(=O)Cl)c(I)cc1OC(F)(F)F. The normalized spacial score (nSPS) is 11.4. The summed E-state index contributed by atoms with van der Waals surface area (Å²) in [5.74, 6) is -0.446. The number of nitrogens with zero attached hydrogens (tertiary/aromatic N) is 1. The predicted octanol–water partition coefficient (Wildman–Crippen LogP) is 3.27. The number of halogens is 5. The minimum Gasteiger partial charge on any atom is -0.404 e. The fraction of sp³-hybridized carbons (Fsp3) is 0.250. The quantitative estimate of drug-likeness (QED) is 0.596. The van der Waals surface area contributed by atoms with Gasteiger partial charge in [0, 0.05) is 3.57 Å². The second-order valence-corrected chi connectivity index (χ2v) is 4.23. The number of aryl methyl sites for hydroxylation is 1. The second-order valence-electron chi connectivity index (χ2n) is 2.72. The zero-order valence-electron chi connectivity index (χ0n) is 7.73. The molecule has 0 spiro atoms. The Kier molecular flexibility index (Phi) is 4.00. The third-order valence-corrected chi connectivity index (χ3v) is 2.53. The van der Waals surface area contributed by atoms with Gasteiger partial charge in [-0.1, -0.05) is 0 Å². The van der Waals surface area contributed by atoms with E-state index >= 15 is 0 Å². The van der Waals surface area contributed by atoms with Crippen molar-refractivity contribution >= 4 is 39.4 Å². The van der Waals surface area contributed by atoms with Crippen LogP contribution in [0.15, 0.2) is 6.07 Å². The largest absolute Gasteiger partial charge is 0.573 e. The van der Waals surface area contributed by atoms with Crippen LogP contribution in [0.3, 0.4) is 0 Å². The smallest absolute Gasteiger partial charge is 0.404 e. The van der Waals surface area contributed by atoms with Gasteiger partial charge in [-0.25, -0.2) is 4.98 Å². The molecule has 0 atom stereocenters. The van der Waals surface area contributed by atoms with Gasteiger partial charge in [-0.15, -0.1) is 13.2 Å². The number of ether oxygens (including phenoxy) is 1. The summed E-state index contributed by atoms with van der Waals surface area (Å²) in [6.07, 6.45) is -4.79. The fourth-order valence-corrected chi connectivity index (χ4v) is 1.88. The van der Waals surface area contributed by atoms with E-state index in [4.69, 9.17) is 11.6 Å².